The molecule has 0 aliphatic carbocycles. The van der Waals surface area contributed by atoms with E-state index in [2.05, 4.69) is 114 Å². The van der Waals surface area contributed by atoms with E-state index in [-0.39, 0.29) is 0 Å². The second kappa shape index (κ2) is 12.2. The molecule has 9 aromatic carbocycles. The van der Waals surface area contributed by atoms with Gasteiger partial charge in [-0.25, -0.2) is 15.0 Å². The molecule has 0 radical (unpaired) electrons. The van der Waals surface area contributed by atoms with Crippen LogP contribution >= 0.6 is 0 Å². The fourth-order valence-electron chi connectivity index (χ4n) is 9.12. The monoisotopic (exact) mass is 754 g/mol. The summed E-state index contributed by atoms with van der Waals surface area (Å²) in [5.41, 5.74) is 9.33. The number of nitrogens with zero attached hydrogens (tertiary/aromatic N) is 4. The number of hydrogen-bond donors (Lipinski definition) is 0. The smallest absolute Gasteiger partial charge is 0.164 e. The van der Waals surface area contributed by atoms with Crippen molar-refractivity contribution in [2.24, 2.45) is 0 Å². The van der Waals surface area contributed by atoms with Gasteiger partial charge in [-0.2, -0.15) is 0 Å². The molecule has 0 unspecified atom stereocenters. The Bertz CT molecular complexity index is 3860. The molecule has 0 saturated heterocycles. The quantitative estimate of drug-likeness (QED) is 0.179. The van der Waals surface area contributed by atoms with Crippen LogP contribution in [0.2, 0.25) is 0 Å². The summed E-state index contributed by atoms with van der Waals surface area (Å²) in [4.78, 5) is 15.4. The summed E-state index contributed by atoms with van der Waals surface area (Å²) in [5.74, 6) is 1.75. The van der Waals surface area contributed by atoms with Crippen molar-refractivity contribution in [1.82, 2.24) is 19.5 Å². The molecule has 0 aliphatic rings. The lowest BCUT2D eigenvalue weighted by Gasteiger charge is -2.13. The molecule has 0 N–H and O–H groups in total. The zero-order valence-electron chi connectivity index (χ0n) is 31.4. The highest BCUT2D eigenvalue weighted by Gasteiger charge is 2.22. The van der Waals surface area contributed by atoms with Gasteiger partial charge in [0.25, 0.3) is 0 Å². The van der Waals surface area contributed by atoms with Crippen molar-refractivity contribution in [3.8, 4) is 39.9 Å². The van der Waals surface area contributed by atoms with E-state index in [1.54, 1.807) is 0 Å². The molecule has 6 nitrogen and oxygen atoms in total. The van der Waals surface area contributed by atoms with E-state index in [1.165, 1.54) is 21.5 Å². The summed E-state index contributed by atoms with van der Waals surface area (Å²) in [6.07, 6.45) is 0. The van der Waals surface area contributed by atoms with Crippen molar-refractivity contribution < 1.29 is 8.83 Å². The van der Waals surface area contributed by atoms with Gasteiger partial charge in [0.15, 0.2) is 17.5 Å². The van der Waals surface area contributed by atoms with Crippen molar-refractivity contribution in [3.05, 3.63) is 182 Å². The zero-order chi connectivity index (χ0) is 38.6. The minimum Gasteiger partial charge on any atom is -0.456 e. The molecule has 4 aromatic heterocycles. The minimum atomic E-state index is 0.574. The number of aromatic nitrogens is 4. The van der Waals surface area contributed by atoms with Crippen LogP contribution in [0.5, 0.6) is 0 Å². The van der Waals surface area contributed by atoms with Crippen LogP contribution in [0.1, 0.15) is 0 Å². The van der Waals surface area contributed by atoms with Crippen molar-refractivity contribution in [1.29, 1.82) is 0 Å². The SMILES string of the molecule is c1ccc(-c2nc(-c3ccc4oc5c6ccccc6c(-n6c7ccccc7c7cc8ccccc8cc76)cc5c4c3)nc(-c3cccc4oc5ccccc5c34)n2)cc1. The van der Waals surface area contributed by atoms with E-state index in [4.69, 9.17) is 23.8 Å². The van der Waals surface area contributed by atoms with E-state index in [0.29, 0.717) is 17.5 Å². The van der Waals surface area contributed by atoms with E-state index in [1.807, 2.05) is 72.8 Å². The number of fused-ring (bicyclic) bond motifs is 12. The average Bonchev–Trinajstić information content (AvgIpc) is 3.97. The molecule has 59 heavy (non-hydrogen) atoms. The number of benzene rings is 9. The molecular formula is C53H30N4O2. The van der Waals surface area contributed by atoms with Gasteiger partial charge in [0.05, 0.1) is 16.7 Å². The lowest BCUT2D eigenvalue weighted by molar-refractivity contribution is 0.669. The Hall–Kier alpha value is -8.09. The topological polar surface area (TPSA) is 69.9 Å². The fraction of sp³-hybridized carbons (Fsp3) is 0. The van der Waals surface area contributed by atoms with Crippen molar-refractivity contribution in [2.75, 3.05) is 0 Å². The Balaban J connectivity index is 1.07. The van der Waals surface area contributed by atoms with Crippen LogP contribution < -0.4 is 0 Å². The molecule has 274 valence electrons. The first-order valence-electron chi connectivity index (χ1n) is 19.8. The molecule has 0 saturated carbocycles. The minimum absolute atomic E-state index is 0.574. The largest absolute Gasteiger partial charge is 0.456 e. The summed E-state index contributed by atoms with van der Waals surface area (Å²) < 4.78 is 15.5. The molecule has 6 heteroatoms. The van der Waals surface area contributed by atoms with E-state index < -0.39 is 0 Å². The normalized spacial score (nSPS) is 12.1. The van der Waals surface area contributed by atoms with Crippen molar-refractivity contribution in [2.45, 2.75) is 0 Å². The number of rotatable bonds is 4. The highest BCUT2D eigenvalue weighted by Crippen LogP contribution is 2.43. The second-order valence-electron chi connectivity index (χ2n) is 15.1. The van der Waals surface area contributed by atoms with E-state index in [0.717, 1.165) is 88.1 Å². The van der Waals surface area contributed by atoms with Crippen LogP contribution in [-0.4, -0.2) is 19.5 Å². The third-order valence-electron chi connectivity index (χ3n) is 11.8. The highest BCUT2D eigenvalue weighted by atomic mass is 16.3. The van der Waals surface area contributed by atoms with Gasteiger partial charge in [-0.1, -0.05) is 127 Å². The second-order valence-corrected chi connectivity index (χ2v) is 15.1. The fourth-order valence-corrected chi connectivity index (χ4v) is 9.12. The molecule has 13 aromatic rings. The summed E-state index contributed by atoms with van der Waals surface area (Å²) >= 11 is 0. The van der Waals surface area contributed by atoms with Gasteiger partial charge in [-0.05, 0) is 65.4 Å². The standard InChI is InChI=1S/C53H30N4O2/c1-2-13-31(14-3-1)51-54-52(56-53(55-51)39-21-12-24-48-49(39)38-20-9-11-23-46(38)58-48)34-25-26-47-41(28-34)42-30-45(35-17-6-7-19-37(35)50(42)59-47)57-43-22-10-8-18-36(43)40-27-32-15-4-5-16-33(32)29-44(40)57/h1-30H. The molecule has 13 rings (SSSR count). The molecule has 0 fully saturated rings. The van der Waals surface area contributed by atoms with E-state index >= 15 is 0 Å². The third kappa shape index (κ3) is 4.77. The first-order chi connectivity index (χ1) is 29.2. The van der Waals surface area contributed by atoms with Crippen LogP contribution in [0.3, 0.4) is 0 Å². The third-order valence-corrected chi connectivity index (χ3v) is 11.8. The molecule has 4 heterocycles. The van der Waals surface area contributed by atoms with Crippen molar-refractivity contribution in [3.63, 3.8) is 0 Å². The Morgan fingerprint density at radius 3 is 1.88 bits per heavy atom. The number of furan rings is 2. The molecule has 0 atom stereocenters. The predicted octanol–water partition coefficient (Wildman–Crippen LogP) is 14.1. The Morgan fingerprint density at radius 1 is 0.356 bits per heavy atom. The average molecular weight is 755 g/mol. The maximum atomic E-state index is 6.76. The Morgan fingerprint density at radius 2 is 1.02 bits per heavy atom. The first kappa shape index (κ1) is 32.0. The maximum absolute atomic E-state index is 6.76. The lowest BCUT2D eigenvalue weighted by atomic mass is 10.0. The van der Waals surface area contributed by atoms with Crippen LogP contribution in [0, 0.1) is 0 Å². The highest BCUT2D eigenvalue weighted by molar-refractivity contribution is 6.20. The number of para-hydroxylation sites is 2. The lowest BCUT2D eigenvalue weighted by Crippen LogP contribution is -2.00. The number of hydrogen-bond acceptors (Lipinski definition) is 5. The zero-order valence-corrected chi connectivity index (χ0v) is 31.4. The van der Waals surface area contributed by atoms with Gasteiger partial charge in [-0.3, -0.25) is 0 Å². The van der Waals surface area contributed by atoms with Gasteiger partial charge in [-0.15, -0.1) is 0 Å². The van der Waals surface area contributed by atoms with Crippen LogP contribution in [0.25, 0.3) is 127 Å². The van der Waals surface area contributed by atoms with Crippen LogP contribution in [0.4, 0.5) is 0 Å². The van der Waals surface area contributed by atoms with Gasteiger partial charge < -0.3 is 13.4 Å². The van der Waals surface area contributed by atoms with Crippen LogP contribution in [0.15, 0.2) is 191 Å². The van der Waals surface area contributed by atoms with Gasteiger partial charge in [0, 0.05) is 59.8 Å². The summed E-state index contributed by atoms with van der Waals surface area (Å²) in [5, 5.41) is 11.1. The summed E-state index contributed by atoms with van der Waals surface area (Å²) in [7, 11) is 0. The van der Waals surface area contributed by atoms with Gasteiger partial charge in [0.1, 0.15) is 22.3 Å². The Kier molecular flexibility index (Phi) is 6.63. The van der Waals surface area contributed by atoms with Gasteiger partial charge in [0.2, 0.25) is 0 Å². The van der Waals surface area contributed by atoms with Crippen molar-refractivity contribution >= 4 is 87.2 Å². The summed E-state index contributed by atoms with van der Waals surface area (Å²) in [6.45, 7) is 0. The maximum Gasteiger partial charge on any atom is 0.164 e. The van der Waals surface area contributed by atoms with E-state index in [9.17, 15) is 0 Å². The predicted molar refractivity (Wildman–Crippen MR) is 240 cm³/mol. The van der Waals surface area contributed by atoms with Crippen LogP contribution in [-0.2, 0) is 0 Å². The molecule has 0 amide bonds. The molecule has 0 bridgehead atoms. The molecule has 0 aliphatic heterocycles. The Labute approximate surface area is 336 Å². The van der Waals surface area contributed by atoms with Gasteiger partial charge >= 0.3 is 0 Å². The first-order valence-corrected chi connectivity index (χ1v) is 19.8. The molecule has 0 spiro atoms. The molecular weight excluding hydrogens is 725 g/mol. The summed E-state index contributed by atoms with van der Waals surface area (Å²) in [6, 6.07) is 63.3.